The Bertz CT molecular complexity index is 1170. The zero-order valence-electron chi connectivity index (χ0n) is 20.7. The predicted octanol–water partition coefficient (Wildman–Crippen LogP) is 2.70. The van der Waals surface area contributed by atoms with E-state index in [-0.39, 0.29) is 54.7 Å². The first-order valence-electron chi connectivity index (χ1n) is 12.9. The van der Waals surface area contributed by atoms with Gasteiger partial charge in [-0.2, -0.15) is 0 Å². The highest BCUT2D eigenvalue weighted by molar-refractivity contribution is 5.97. The average Bonchev–Trinajstić information content (AvgIpc) is 3.73. The highest BCUT2D eigenvalue weighted by Gasteiger charge is 2.36. The van der Waals surface area contributed by atoms with Gasteiger partial charge in [0.25, 0.3) is 5.56 Å². The Morgan fingerprint density at radius 3 is 2.61 bits per heavy atom. The summed E-state index contributed by atoms with van der Waals surface area (Å²) in [6, 6.07) is 5.78. The highest BCUT2D eigenvalue weighted by Crippen LogP contribution is 2.35. The molecule has 2 aromatic rings. The van der Waals surface area contributed by atoms with E-state index in [1.54, 1.807) is 0 Å². The molecule has 0 unspecified atom stereocenters. The molecular formula is C27H33FN4O4. The minimum Gasteiger partial charge on any atom is -0.376 e. The van der Waals surface area contributed by atoms with Crippen LogP contribution in [-0.2, 0) is 29.1 Å². The van der Waals surface area contributed by atoms with Gasteiger partial charge in [0.05, 0.1) is 37.6 Å². The largest absolute Gasteiger partial charge is 0.376 e. The lowest BCUT2D eigenvalue weighted by Crippen LogP contribution is -2.47. The van der Waals surface area contributed by atoms with Crippen LogP contribution in [0.3, 0.4) is 0 Å². The first-order valence-corrected chi connectivity index (χ1v) is 12.9. The maximum absolute atomic E-state index is 13.5. The first kappa shape index (κ1) is 24.8. The molecule has 5 rings (SSSR count). The first-order chi connectivity index (χ1) is 17.4. The van der Waals surface area contributed by atoms with Gasteiger partial charge in [0.15, 0.2) is 5.78 Å². The minimum absolute atomic E-state index is 0.0152. The van der Waals surface area contributed by atoms with Crippen molar-refractivity contribution >= 4 is 11.7 Å². The maximum atomic E-state index is 13.5. The average molecular weight is 497 g/mol. The van der Waals surface area contributed by atoms with Crippen LogP contribution >= 0.6 is 0 Å². The minimum atomic E-state index is -0.353. The Labute approximate surface area is 209 Å². The van der Waals surface area contributed by atoms with Gasteiger partial charge < -0.3 is 14.6 Å². The van der Waals surface area contributed by atoms with Crippen LogP contribution < -0.4 is 5.56 Å². The number of likely N-dealkylation sites (tertiary alicyclic amines) is 1. The molecule has 9 heteroatoms. The number of rotatable bonds is 8. The van der Waals surface area contributed by atoms with Crippen molar-refractivity contribution < 1.29 is 18.7 Å². The number of benzene rings is 1. The molecule has 1 aliphatic carbocycles. The third kappa shape index (κ3) is 5.57. The van der Waals surface area contributed by atoms with Crippen LogP contribution in [0.1, 0.15) is 60.0 Å². The smallest absolute Gasteiger partial charge is 0.256 e. The van der Waals surface area contributed by atoms with Crippen molar-refractivity contribution in [1.29, 1.82) is 0 Å². The molecule has 2 fully saturated rings. The second-order valence-corrected chi connectivity index (χ2v) is 10.3. The van der Waals surface area contributed by atoms with E-state index in [4.69, 9.17) is 4.74 Å². The summed E-state index contributed by atoms with van der Waals surface area (Å²) in [6.45, 7) is 4.76. The number of aromatic amines is 1. The quantitative estimate of drug-likeness (QED) is 0.565. The van der Waals surface area contributed by atoms with Crippen molar-refractivity contribution in [3.63, 3.8) is 0 Å². The second-order valence-electron chi connectivity index (χ2n) is 10.3. The lowest BCUT2D eigenvalue weighted by molar-refractivity contribution is -0.136. The number of halogens is 1. The molecule has 0 radical (unpaired) electrons. The standard InChI is InChI=1S/C27H33FN4O4/c1-17(18-2-3-18)32(14-24-29-23-10-13-36-16-22(23)27(35)30-24)25(33)15-31-11-8-20(9-12-31)26(34)19-4-6-21(28)7-5-19/h4-7,17-18,20H,2-3,8-16H2,1H3,(H,29,30,35)/t17-/m1/s1. The molecule has 0 spiro atoms. The Balaban J connectivity index is 1.22. The van der Waals surface area contributed by atoms with Gasteiger partial charge in [-0.25, -0.2) is 9.37 Å². The van der Waals surface area contributed by atoms with Crippen LogP contribution in [0.5, 0.6) is 0 Å². The van der Waals surface area contributed by atoms with E-state index in [1.165, 1.54) is 24.3 Å². The number of ketones is 1. The molecule has 192 valence electrons. The van der Waals surface area contributed by atoms with Crippen molar-refractivity contribution in [2.75, 3.05) is 26.2 Å². The Hall–Kier alpha value is -2.91. The highest BCUT2D eigenvalue weighted by atomic mass is 19.1. The van der Waals surface area contributed by atoms with Gasteiger partial charge in [0, 0.05) is 23.9 Å². The molecule has 8 nitrogen and oxygen atoms in total. The number of amides is 1. The van der Waals surface area contributed by atoms with Crippen molar-refractivity contribution in [2.24, 2.45) is 11.8 Å². The van der Waals surface area contributed by atoms with E-state index in [0.29, 0.717) is 61.8 Å². The fourth-order valence-corrected chi connectivity index (χ4v) is 5.31. The fraction of sp³-hybridized carbons (Fsp3) is 0.556. The number of aromatic nitrogens is 2. The van der Waals surface area contributed by atoms with Gasteiger partial charge in [-0.05, 0) is 75.9 Å². The maximum Gasteiger partial charge on any atom is 0.256 e. The van der Waals surface area contributed by atoms with Crippen LogP contribution in [0.15, 0.2) is 29.1 Å². The molecule has 3 heterocycles. The molecule has 36 heavy (non-hydrogen) atoms. The molecule has 1 saturated heterocycles. The molecule has 1 aromatic heterocycles. The molecule has 1 N–H and O–H groups in total. The van der Waals surface area contributed by atoms with Crippen molar-refractivity contribution in [2.45, 2.75) is 58.2 Å². The number of hydrogen-bond donors (Lipinski definition) is 1. The van der Waals surface area contributed by atoms with Gasteiger partial charge in [0.2, 0.25) is 5.91 Å². The molecule has 0 bridgehead atoms. The Kier molecular flexibility index (Phi) is 7.29. The summed E-state index contributed by atoms with van der Waals surface area (Å²) in [5.74, 6) is 0.584. The van der Waals surface area contributed by atoms with Crippen molar-refractivity contribution in [3.8, 4) is 0 Å². The van der Waals surface area contributed by atoms with E-state index in [9.17, 15) is 18.8 Å². The number of nitrogens with one attached hydrogen (secondary N) is 1. The molecule has 1 aromatic carbocycles. The number of nitrogens with zero attached hydrogens (tertiary/aromatic N) is 3. The summed E-state index contributed by atoms with van der Waals surface area (Å²) in [5.41, 5.74) is 1.69. The van der Waals surface area contributed by atoms with Gasteiger partial charge in [0.1, 0.15) is 11.6 Å². The van der Waals surface area contributed by atoms with E-state index in [2.05, 4.69) is 21.8 Å². The third-order valence-corrected chi connectivity index (χ3v) is 7.76. The zero-order chi connectivity index (χ0) is 25.2. The van der Waals surface area contributed by atoms with Crippen molar-refractivity contribution in [1.82, 2.24) is 19.8 Å². The molecule has 2 aliphatic heterocycles. The van der Waals surface area contributed by atoms with E-state index in [1.807, 2.05) is 4.90 Å². The number of hydrogen-bond acceptors (Lipinski definition) is 6. The third-order valence-electron chi connectivity index (χ3n) is 7.76. The van der Waals surface area contributed by atoms with Gasteiger partial charge in [-0.3, -0.25) is 19.3 Å². The van der Waals surface area contributed by atoms with E-state index in [0.717, 1.165) is 18.5 Å². The van der Waals surface area contributed by atoms with Crippen LogP contribution in [0, 0.1) is 17.7 Å². The molecular weight excluding hydrogens is 463 g/mol. The van der Waals surface area contributed by atoms with E-state index < -0.39 is 0 Å². The number of Topliss-reactive ketones (excluding diaryl/α,β-unsaturated/α-hetero) is 1. The number of carbonyl (C=O) groups excluding carboxylic acids is 2. The monoisotopic (exact) mass is 496 g/mol. The summed E-state index contributed by atoms with van der Waals surface area (Å²) in [6.07, 6.45) is 4.15. The zero-order valence-corrected chi connectivity index (χ0v) is 20.7. The Morgan fingerprint density at radius 2 is 1.92 bits per heavy atom. The van der Waals surface area contributed by atoms with Gasteiger partial charge >= 0.3 is 0 Å². The summed E-state index contributed by atoms with van der Waals surface area (Å²) in [5, 5.41) is 0. The molecule has 1 amide bonds. The predicted molar refractivity (Wildman–Crippen MR) is 131 cm³/mol. The SMILES string of the molecule is C[C@H](C1CC1)N(Cc1nc2c(c(=O)[nH]1)COCC2)C(=O)CN1CCC(C(=O)c2ccc(F)cc2)CC1. The number of H-pyrrole nitrogens is 1. The fourth-order valence-electron chi connectivity index (χ4n) is 5.31. The molecule has 1 atom stereocenters. The lowest BCUT2D eigenvalue weighted by atomic mass is 9.89. The summed E-state index contributed by atoms with van der Waals surface area (Å²) >= 11 is 0. The van der Waals surface area contributed by atoms with Crippen LogP contribution in [0.25, 0.3) is 0 Å². The number of carbonyl (C=O) groups is 2. The normalized spacial score (nSPS) is 19.5. The number of piperidine rings is 1. The summed E-state index contributed by atoms with van der Waals surface area (Å²) in [7, 11) is 0. The van der Waals surface area contributed by atoms with Crippen molar-refractivity contribution in [3.05, 3.63) is 63.1 Å². The molecule has 1 saturated carbocycles. The van der Waals surface area contributed by atoms with Gasteiger partial charge in [-0.15, -0.1) is 0 Å². The van der Waals surface area contributed by atoms with Crippen LogP contribution in [-0.4, -0.2) is 63.7 Å². The molecule has 3 aliphatic rings. The van der Waals surface area contributed by atoms with Crippen LogP contribution in [0.2, 0.25) is 0 Å². The second kappa shape index (κ2) is 10.6. The topological polar surface area (TPSA) is 95.6 Å². The lowest BCUT2D eigenvalue weighted by Gasteiger charge is -2.34. The summed E-state index contributed by atoms with van der Waals surface area (Å²) < 4.78 is 18.6. The summed E-state index contributed by atoms with van der Waals surface area (Å²) in [4.78, 5) is 50.3. The van der Waals surface area contributed by atoms with Crippen LogP contribution in [0.4, 0.5) is 4.39 Å². The van der Waals surface area contributed by atoms with Gasteiger partial charge in [-0.1, -0.05) is 0 Å². The Morgan fingerprint density at radius 1 is 1.19 bits per heavy atom. The number of ether oxygens (including phenoxy) is 1. The number of fused-ring (bicyclic) bond motifs is 1. The van der Waals surface area contributed by atoms with E-state index >= 15 is 0 Å².